The minimum Gasteiger partial charge on any atom is -1.00 e. The number of hydrogen-bond donors (Lipinski definition) is 2. The SMILES string of the molecule is S=c1ssc(S)c1S.[H-].[H-].[Na+].[Na+]. The number of rotatable bonds is 0. The van der Waals surface area contributed by atoms with E-state index in [9.17, 15) is 0 Å². The molecule has 0 nitrogen and oxygen atoms in total. The Hall–Kier alpha value is 2.97. The first-order valence-electron chi connectivity index (χ1n) is 1.73. The van der Waals surface area contributed by atoms with E-state index in [1.807, 2.05) is 0 Å². The van der Waals surface area contributed by atoms with Crippen LogP contribution in [0.5, 0.6) is 0 Å². The molecule has 7 heteroatoms. The summed E-state index contributed by atoms with van der Waals surface area (Å²) in [5, 5.41) is 0. The van der Waals surface area contributed by atoms with Crippen molar-refractivity contribution in [2.75, 3.05) is 0 Å². The second-order valence-corrected chi connectivity index (χ2v) is 5.12. The molecule has 1 aromatic rings. The first kappa shape index (κ1) is 15.4. The summed E-state index contributed by atoms with van der Waals surface area (Å²) in [5.74, 6) is 0. The molecule has 0 spiro atoms. The average molecular weight is 246 g/mol. The van der Waals surface area contributed by atoms with E-state index in [0.717, 1.165) is 12.9 Å². The minimum absolute atomic E-state index is 0. The zero-order valence-corrected chi connectivity index (χ0v) is 13.9. The molecule has 0 aliphatic rings. The third kappa shape index (κ3) is 4.28. The molecule has 0 radical (unpaired) electrons. The summed E-state index contributed by atoms with van der Waals surface area (Å²) in [6.45, 7) is 0. The van der Waals surface area contributed by atoms with Crippen molar-refractivity contribution in [3.8, 4) is 0 Å². The molecule has 1 heterocycles. The molecular weight excluding hydrogens is 242 g/mol. The van der Waals surface area contributed by atoms with Gasteiger partial charge in [-0.1, -0.05) is 32.9 Å². The summed E-state index contributed by atoms with van der Waals surface area (Å²) in [5.41, 5.74) is 0. The van der Waals surface area contributed by atoms with Gasteiger partial charge in [0.25, 0.3) is 0 Å². The molecule has 0 saturated carbocycles. The molecule has 0 aliphatic carbocycles. The van der Waals surface area contributed by atoms with Gasteiger partial charge in [-0.15, -0.1) is 25.3 Å². The van der Waals surface area contributed by atoms with Crippen LogP contribution in [0, 0.1) is 3.82 Å². The van der Waals surface area contributed by atoms with E-state index in [1.165, 1.54) is 10.3 Å². The average Bonchev–Trinajstić information content (AvgIpc) is 1.98. The van der Waals surface area contributed by atoms with Crippen LogP contribution in [0.15, 0.2) is 9.10 Å². The van der Waals surface area contributed by atoms with E-state index in [0.29, 0.717) is 0 Å². The Labute approximate surface area is 131 Å². The van der Waals surface area contributed by atoms with E-state index in [-0.39, 0.29) is 62.0 Å². The van der Waals surface area contributed by atoms with Crippen LogP contribution in [-0.2, 0) is 0 Å². The Morgan fingerprint density at radius 2 is 1.70 bits per heavy atom. The second kappa shape index (κ2) is 7.38. The van der Waals surface area contributed by atoms with E-state index in [2.05, 4.69) is 25.3 Å². The van der Waals surface area contributed by atoms with Crippen LogP contribution in [0.25, 0.3) is 0 Å². The predicted molar refractivity (Wildman–Crippen MR) is 49.8 cm³/mol. The normalized spacial score (nSPS) is 7.80. The van der Waals surface area contributed by atoms with Crippen molar-refractivity contribution in [1.82, 2.24) is 0 Å². The maximum Gasteiger partial charge on any atom is 1.00 e. The topological polar surface area (TPSA) is 0 Å². The molecule has 10 heavy (non-hydrogen) atoms. The second-order valence-electron chi connectivity index (χ2n) is 1.11. The summed E-state index contributed by atoms with van der Waals surface area (Å²) in [6.07, 6.45) is 0. The van der Waals surface area contributed by atoms with Gasteiger partial charge in [0.2, 0.25) is 0 Å². The molecule has 0 bridgehead atoms. The fourth-order valence-electron chi connectivity index (χ4n) is 0.244. The third-order valence-electron chi connectivity index (χ3n) is 0.592. The van der Waals surface area contributed by atoms with Gasteiger partial charge in [-0.25, -0.2) is 0 Å². The molecule has 48 valence electrons. The molecular formula is C3H4Na2S5. The summed E-state index contributed by atoms with van der Waals surface area (Å²) >= 11 is 13.1. The van der Waals surface area contributed by atoms with Crippen molar-refractivity contribution in [2.24, 2.45) is 0 Å². The van der Waals surface area contributed by atoms with Gasteiger partial charge < -0.3 is 2.85 Å². The zero-order valence-electron chi connectivity index (χ0n) is 7.62. The van der Waals surface area contributed by atoms with Crippen LogP contribution < -0.4 is 59.1 Å². The summed E-state index contributed by atoms with van der Waals surface area (Å²) in [6, 6.07) is 0. The van der Waals surface area contributed by atoms with Crippen LogP contribution in [-0.4, -0.2) is 0 Å². The van der Waals surface area contributed by atoms with Crippen molar-refractivity contribution < 1.29 is 62.0 Å². The minimum atomic E-state index is 0. The first-order valence-corrected chi connectivity index (χ1v) is 5.18. The Balaban J connectivity index is -0.0000000800. The van der Waals surface area contributed by atoms with Crippen molar-refractivity contribution in [3.63, 3.8) is 0 Å². The molecule has 1 rings (SSSR count). The van der Waals surface area contributed by atoms with Crippen LogP contribution in [0.2, 0.25) is 0 Å². The molecule has 0 amide bonds. The molecule has 0 atom stereocenters. The Kier molecular flexibility index (Phi) is 11.4. The van der Waals surface area contributed by atoms with Crippen LogP contribution >= 0.6 is 58.2 Å². The smallest absolute Gasteiger partial charge is 1.00 e. The van der Waals surface area contributed by atoms with Gasteiger partial charge in [0.1, 0.15) is 3.82 Å². The summed E-state index contributed by atoms with van der Waals surface area (Å²) < 4.78 is 1.76. The van der Waals surface area contributed by atoms with Gasteiger partial charge >= 0.3 is 59.1 Å². The Bertz CT molecular complexity index is 245. The number of thiol groups is 2. The fourth-order valence-corrected chi connectivity index (χ4v) is 3.50. The summed E-state index contributed by atoms with van der Waals surface area (Å²) in [7, 11) is 3.09. The third-order valence-corrected chi connectivity index (χ3v) is 5.36. The van der Waals surface area contributed by atoms with Crippen molar-refractivity contribution >= 4 is 58.2 Å². The molecule has 0 aliphatic heterocycles. The fraction of sp³-hybridized carbons (Fsp3) is 0. The van der Waals surface area contributed by atoms with E-state index in [4.69, 9.17) is 12.2 Å². The van der Waals surface area contributed by atoms with Gasteiger partial charge in [-0.2, -0.15) is 0 Å². The molecule has 0 unspecified atom stereocenters. The molecule has 0 N–H and O–H groups in total. The quantitative estimate of drug-likeness (QED) is 0.218. The maximum atomic E-state index is 4.88. The van der Waals surface area contributed by atoms with E-state index < -0.39 is 0 Å². The monoisotopic (exact) mass is 246 g/mol. The maximum absolute atomic E-state index is 4.88. The van der Waals surface area contributed by atoms with Crippen LogP contribution in [0.3, 0.4) is 0 Å². The van der Waals surface area contributed by atoms with Crippen molar-refractivity contribution in [2.45, 2.75) is 9.10 Å². The largest absolute Gasteiger partial charge is 1.00 e. The molecule has 0 saturated heterocycles. The molecule has 1 aromatic heterocycles. The van der Waals surface area contributed by atoms with E-state index in [1.54, 1.807) is 10.3 Å². The van der Waals surface area contributed by atoms with Gasteiger partial charge in [0, 0.05) is 0 Å². The first-order chi connectivity index (χ1) is 3.72. The standard InChI is InChI=1S/C3H2S5.2Na.2H/c4-1-2(5)7-8-3(1)6;;;;/h4-5H;;;;/q;2*+1;2*-1. The zero-order chi connectivity index (χ0) is 6.15. The van der Waals surface area contributed by atoms with Crippen LogP contribution in [0.4, 0.5) is 0 Å². The molecule has 0 fully saturated rings. The van der Waals surface area contributed by atoms with Crippen molar-refractivity contribution in [1.29, 1.82) is 0 Å². The van der Waals surface area contributed by atoms with E-state index >= 15 is 0 Å². The van der Waals surface area contributed by atoms with Crippen molar-refractivity contribution in [3.05, 3.63) is 3.82 Å². The summed E-state index contributed by atoms with van der Waals surface area (Å²) in [4.78, 5) is 0.846. The number of hydrogen-bond acceptors (Lipinski definition) is 5. The van der Waals surface area contributed by atoms with Crippen LogP contribution in [0.1, 0.15) is 2.85 Å². The Morgan fingerprint density at radius 3 is 1.80 bits per heavy atom. The predicted octanol–water partition coefficient (Wildman–Crippen LogP) is -2.65. The van der Waals surface area contributed by atoms with Gasteiger partial charge in [0.05, 0.1) is 9.10 Å². The van der Waals surface area contributed by atoms with Gasteiger partial charge in [-0.05, 0) is 0 Å². The van der Waals surface area contributed by atoms with Gasteiger partial charge in [-0.3, -0.25) is 0 Å². The van der Waals surface area contributed by atoms with Gasteiger partial charge in [0.15, 0.2) is 0 Å². The Morgan fingerprint density at radius 1 is 1.20 bits per heavy atom. The molecule has 0 aromatic carbocycles.